The van der Waals surface area contributed by atoms with Crippen molar-refractivity contribution in [3.8, 4) is 0 Å². The normalized spacial score (nSPS) is 14.2. The number of hydrogen-bond acceptors (Lipinski definition) is 2. The van der Waals surface area contributed by atoms with Crippen LogP contribution in [0.4, 0.5) is 5.69 Å². The quantitative estimate of drug-likeness (QED) is 0.864. The Labute approximate surface area is 131 Å². The standard InChI is InChI=1S/C18H17NO2S/c1-3-16-11-10-15-6-4-5-7-18(15)19(16)22(20,21)17-12-8-14(2)9-13-17/h3-9,11-13H,1,10H2,2H3. The first-order valence-corrected chi connectivity index (χ1v) is 8.50. The summed E-state index contributed by atoms with van der Waals surface area (Å²) in [6, 6.07) is 14.4. The second-order valence-electron chi connectivity index (χ2n) is 5.25. The summed E-state index contributed by atoms with van der Waals surface area (Å²) in [6.07, 6.45) is 4.18. The molecule has 0 spiro atoms. The van der Waals surface area contributed by atoms with Gasteiger partial charge in [0.2, 0.25) is 0 Å². The van der Waals surface area contributed by atoms with Crippen LogP contribution >= 0.6 is 0 Å². The van der Waals surface area contributed by atoms with E-state index in [1.165, 1.54) is 4.31 Å². The number of rotatable bonds is 3. The molecular weight excluding hydrogens is 294 g/mol. The Morgan fingerprint density at radius 3 is 2.45 bits per heavy atom. The zero-order valence-electron chi connectivity index (χ0n) is 12.4. The van der Waals surface area contributed by atoms with E-state index in [9.17, 15) is 8.42 Å². The zero-order chi connectivity index (χ0) is 15.7. The molecule has 22 heavy (non-hydrogen) atoms. The average molecular weight is 311 g/mol. The summed E-state index contributed by atoms with van der Waals surface area (Å²) >= 11 is 0. The van der Waals surface area contributed by atoms with Crippen LogP contribution in [0.1, 0.15) is 11.1 Å². The van der Waals surface area contributed by atoms with Gasteiger partial charge in [0.25, 0.3) is 10.0 Å². The van der Waals surface area contributed by atoms with E-state index < -0.39 is 10.0 Å². The average Bonchev–Trinajstić information content (AvgIpc) is 2.54. The minimum Gasteiger partial charge on any atom is -0.235 e. The van der Waals surface area contributed by atoms with Gasteiger partial charge in [-0.25, -0.2) is 12.7 Å². The lowest BCUT2D eigenvalue weighted by Crippen LogP contribution is -2.32. The minimum atomic E-state index is -3.66. The molecule has 0 bridgehead atoms. The number of hydrogen-bond donors (Lipinski definition) is 0. The molecule has 0 atom stereocenters. The van der Waals surface area contributed by atoms with Gasteiger partial charge in [-0.1, -0.05) is 48.6 Å². The lowest BCUT2D eigenvalue weighted by Gasteiger charge is -2.30. The van der Waals surface area contributed by atoms with E-state index in [-0.39, 0.29) is 4.90 Å². The minimum absolute atomic E-state index is 0.280. The molecule has 0 N–H and O–H groups in total. The lowest BCUT2D eigenvalue weighted by molar-refractivity contribution is 0.594. The van der Waals surface area contributed by atoms with Crippen LogP contribution in [0, 0.1) is 6.92 Å². The largest absolute Gasteiger partial charge is 0.268 e. The predicted molar refractivity (Wildman–Crippen MR) is 89.3 cm³/mol. The molecule has 112 valence electrons. The van der Waals surface area contributed by atoms with Gasteiger partial charge in [0, 0.05) is 0 Å². The van der Waals surface area contributed by atoms with Crippen molar-refractivity contribution in [2.75, 3.05) is 4.31 Å². The van der Waals surface area contributed by atoms with Crippen molar-refractivity contribution in [2.45, 2.75) is 18.2 Å². The number of anilines is 1. The molecule has 0 amide bonds. The van der Waals surface area contributed by atoms with Gasteiger partial charge in [-0.3, -0.25) is 0 Å². The van der Waals surface area contributed by atoms with E-state index in [2.05, 4.69) is 6.58 Å². The number of aryl methyl sites for hydroxylation is 1. The highest BCUT2D eigenvalue weighted by molar-refractivity contribution is 7.93. The highest BCUT2D eigenvalue weighted by Gasteiger charge is 2.30. The van der Waals surface area contributed by atoms with Crippen molar-refractivity contribution in [3.05, 3.63) is 84.1 Å². The van der Waals surface area contributed by atoms with Gasteiger partial charge >= 0.3 is 0 Å². The third-order valence-electron chi connectivity index (χ3n) is 3.74. The van der Waals surface area contributed by atoms with E-state index in [1.807, 2.05) is 37.3 Å². The molecule has 3 nitrogen and oxygen atoms in total. The monoisotopic (exact) mass is 311 g/mol. The van der Waals surface area contributed by atoms with Gasteiger partial charge in [0.15, 0.2) is 0 Å². The molecule has 1 aliphatic heterocycles. The Hall–Kier alpha value is -2.33. The van der Waals surface area contributed by atoms with Crippen LogP contribution in [0.2, 0.25) is 0 Å². The van der Waals surface area contributed by atoms with Gasteiger partial charge in [0.05, 0.1) is 16.3 Å². The third kappa shape index (κ3) is 2.35. The molecule has 0 saturated heterocycles. The van der Waals surface area contributed by atoms with Crippen LogP contribution in [-0.2, 0) is 16.4 Å². The molecule has 0 unspecified atom stereocenters. The Kier molecular flexibility index (Phi) is 3.62. The second-order valence-corrected chi connectivity index (χ2v) is 7.04. The number of fused-ring (bicyclic) bond motifs is 1. The highest BCUT2D eigenvalue weighted by atomic mass is 32.2. The van der Waals surface area contributed by atoms with Crippen LogP contribution in [0.15, 0.2) is 77.9 Å². The Morgan fingerprint density at radius 2 is 1.77 bits per heavy atom. The van der Waals surface area contributed by atoms with Crippen LogP contribution in [0.25, 0.3) is 0 Å². The maximum absolute atomic E-state index is 13.1. The van der Waals surface area contributed by atoms with Crippen LogP contribution in [-0.4, -0.2) is 8.42 Å². The number of benzene rings is 2. The topological polar surface area (TPSA) is 37.4 Å². The lowest BCUT2D eigenvalue weighted by atomic mass is 10.1. The number of sulfonamides is 1. The van der Waals surface area contributed by atoms with Crippen molar-refractivity contribution in [2.24, 2.45) is 0 Å². The predicted octanol–water partition coefficient (Wildman–Crippen LogP) is 3.82. The molecule has 0 aromatic heterocycles. The third-order valence-corrected chi connectivity index (χ3v) is 5.50. The molecule has 0 saturated carbocycles. The Morgan fingerprint density at radius 1 is 1.09 bits per heavy atom. The maximum atomic E-state index is 13.1. The summed E-state index contributed by atoms with van der Waals surface area (Å²) < 4.78 is 27.5. The van der Waals surface area contributed by atoms with Crippen molar-refractivity contribution in [1.82, 2.24) is 0 Å². The van der Waals surface area contributed by atoms with Gasteiger partial charge in [0.1, 0.15) is 0 Å². The molecule has 2 aromatic carbocycles. The molecule has 2 aromatic rings. The Balaban J connectivity index is 2.18. The molecule has 1 heterocycles. The first-order chi connectivity index (χ1) is 10.5. The molecule has 1 aliphatic rings. The van der Waals surface area contributed by atoms with Crippen molar-refractivity contribution in [1.29, 1.82) is 0 Å². The van der Waals surface area contributed by atoms with Crippen molar-refractivity contribution in [3.63, 3.8) is 0 Å². The molecular formula is C18H17NO2S. The first kappa shape index (κ1) is 14.6. The fraction of sp³-hybridized carbons (Fsp3) is 0.111. The van der Waals surface area contributed by atoms with Crippen LogP contribution in [0.5, 0.6) is 0 Å². The second kappa shape index (κ2) is 5.46. The molecule has 0 aliphatic carbocycles. The summed E-state index contributed by atoms with van der Waals surface area (Å²) in [5.74, 6) is 0. The van der Waals surface area contributed by atoms with E-state index in [4.69, 9.17) is 0 Å². The summed E-state index contributed by atoms with van der Waals surface area (Å²) in [7, 11) is -3.66. The van der Waals surface area contributed by atoms with E-state index in [0.717, 1.165) is 11.1 Å². The van der Waals surface area contributed by atoms with Gasteiger partial charge in [-0.15, -0.1) is 0 Å². The highest BCUT2D eigenvalue weighted by Crippen LogP contribution is 2.35. The number of para-hydroxylation sites is 1. The summed E-state index contributed by atoms with van der Waals surface area (Å²) in [5, 5.41) is 0. The van der Waals surface area contributed by atoms with Gasteiger partial charge < -0.3 is 0 Å². The van der Waals surface area contributed by atoms with E-state index in [1.54, 1.807) is 30.3 Å². The fourth-order valence-electron chi connectivity index (χ4n) is 2.57. The van der Waals surface area contributed by atoms with E-state index in [0.29, 0.717) is 17.8 Å². The molecule has 0 fully saturated rings. The zero-order valence-corrected chi connectivity index (χ0v) is 13.2. The van der Waals surface area contributed by atoms with Crippen molar-refractivity contribution < 1.29 is 8.42 Å². The van der Waals surface area contributed by atoms with Gasteiger partial charge in [-0.05, 0) is 43.2 Å². The summed E-state index contributed by atoms with van der Waals surface area (Å²) in [6.45, 7) is 5.69. The smallest absolute Gasteiger partial charge is 0.235 e. The van der Waals surface area contributed by atoms with E-state index >= 15 is 0 Å². The molecule has 3 rings (SSSR count). The SMILES string of the molecule is C=CC1=CCc2ccccc2N1S(=O)(=O)c1ccc(C)cc1. The summed E-state index contributed by atoms with van der Waals surface area (Å²) in [4.78, 5) is 0.280. The first-order valence-electron chi connectivity index (χ1n) is 7.06. The summed E-state index contributed by atoms with van der Waals surface area (Å²) in [5.41, 5.74) is 3.31. The molecule has 0 radical (unpaired) electrons. The van der Waals surface area contributed by atoms with Crippen molar-refractivity contribution >= 4 is 15.7 Å². The van der Waals surface area contributed by atoms with Crippen LogP contribution in [0.3, 0.4) is 0 Å². The number of allylic oxidation sites excluding steroid dienone is 2. The fourth-order valence-corrected chi connectivity index (χ4v) is 4.12. The number of nitrogens with zero attached hydrogens (tertiary/aromatic N) is 1. The molecule has 4 heteroatoms. The Bertz CT molecular complexity index is 849. The van der Waals surface area contributed by atoms with Crippen LogP contribution < -0.4 is 4.31 Å². The maximum Gasteiger partial charge on any atom is 0.268 e. The van der Waals surface area contributed by atoms with Gasteiger partial charge in [-0.2, -0.15) is 0 Å².